The molecule has 0 saturated heterocycles. The number of aromatic hydroxyl groups is 1. The molecule has 4 N–H and O–H groups in total. The molecule has 6 nitrogen and oxygen atoms in total. The van der Waals surface area contributed by atoms with Crippen LogP contribution in [-0.2, 0) is 0 Å². The van der Waals surface area contributed by atoms with Crippen LogP contribution in [-0.4, -0.2) is 20.1 Å². The molecule has 0 saturated carbocycles. The second-order valence-corrected chi connectivity index (χ2v) is 5.46. The maximum Gasteiger partial charge on any atom is 0.165 e. The van der Waals surface area contributed by atoms with Gasteiger partial charge >= 0.3 is 0 Å². The number of hydrogen-bond acceptors (Lipinski definition) is 5. The molecule has 1 aromatic carbocycles. The lowest BCUT2D eigenvalue weighted by molar-refractivity contribution is 0.476. The van der Waals surface area contributed by atoms with Crippen molar-refractivity contribution < 1.29 is 13.9 Å². The summed E-state index contributed by atoms with van der Waals surface area (Å²) in [6.07, 6.45) is 4.66. The first-order valence-corrected chi connectivity index (χ1v) is 7.45. The van der Waals surface area contributed by atoms with Crippen molar-refractivity contribution in [3.8, 4) is 39.7 Å². The van der Waals surface area contributed by atoms with Crippen molar-refractivity contribution in [2.75, 3.05) is 5.73 Å². The van der Waals surface area contributed by atoms with E-state index >= 15 is 0 Å². The minimum atomic E-state index is -0.321. The molecule has 0 unspecified atom stereocenters. The van der Waals surface area contributed by atoms with Gasteiger partial charge in [-0.25, -0.2) is 14.4 Å². The number of nitrogens with two attached hydrogens (primary N) is 1. The molecular weight excluding hydrogens is 323 g/mol. The van der Waals surface area contributed by atoms with Gasteiger partial charge in [0.05, 0.1) is 23.9 Å². The number of imidazole rings is 1. The normalized spacial score (nSPS) is 10.9. The van der Waals surface area contributed by atoms with E-state index in [1.54, 1.807) is 30.7 Å². The van der Waals surface area contributed by atoms with Crippen molar-refractivity contribution >= 4 is 5.82 Å². The highest BCUT2D eigenvalue weighted by Crippen LogP contribution is 2.35. The summed E-state index contributed by atoms with van der Waals surface area (Å²) in [6, 6.07) is 9.29. The smallest absolute Gasteiger partial charge is 0.165 e. The molecule has 0 fully saturated rings. The van der Waals surface area contributed by atoms with E-state index in [2.05, 4.69) is 15.0 Å². The number of aromatic amines is 1. The Labute approximate surface area is 141 Å². The standard InChI is InChI=1S/C18H13FN4O2/c19-13-3-1-10(2-4-13)18-22-15(11-5-6-25-9-11)16(23-18)12-7-14(24)17(20)21-8-12/h1-9,24H,(H2,20,21)(H,22,23). The SMILES string of the molecule is Nc1ncc(-c2nc(-c3ccc(F)cc3)[nH]c2-c2ccoc2)cc1O. The number of hydrogen-bond donors (Lipinski definition) is 3. The number of halogens is 1. The van der Waals surface area contributed by atoms with E-state index < -0.39 is 0 Å². The molecule has 0 atom stereocenters. The molecule has 0 spiro atoms. The Kier molecular flexibility index (Phi) is 3.46. The summed E-state index contributed by atoms with van der Waals surface area (Å²) in [6.45, 7) is 0. The summed E-state index contributed by atoms with van der Waals surface area (Å²) < 4.78 is 18.3. The number of H-pyrrole nitrogens is 1. The van der Waals surface area contributed by atoms with Crippen molar-refractivity contribution in [3.05, 3.63) is 60.9 Å². The zero-order valence-corrected chi connectivity index (χ0v) is 12.9. The van der Waals surface area contributed by atoms with Gasteiger partial charge in [-0.2, -0.15) is 0 Å². The van der Waals surface area contributed by atoms with Crippen molar-refractivity contribution in [2.45, 2.75) is 0 Å². The van der Waals surface area contributed by atoms with E-state index in [9.17, 15) is 9.50 Å². The van der Waals surface area contributed by atoms with Crippen LogP contribution in [0.3, 0.4) is 0 Å². The van der Waals surface area contributed by atoms with Gasteiger partial charge in [0, 0.05) is 22.9 Å². The highest BCUT2D eigenvalue weighted by Gasteiger charge is 2.17. The number of rotatable bonds is 3. The topological polar surface area (TPSA) is 101 Å². The van der Waals surface area contributed by atoms with Crippen LogP contribution < -0.4 is 5.73 Å². The second-order valence-electron chi connectivity index (χ2n) is 5.46. The minimum Gasteiger partial charge on any atom is -0.504 e. The monoisotopic (exact) mass is 336 g/mol. The molecule has 124 valence electrons. The van der Waals surface area contributed by atoms with E-state index in [4.69, 9.17) is 10.2 Å². The Bertz CT molecular complexity index is 1020. The quantitative estimate of drug-likeness (QED) is 0.528. The first-order valence-electron chi connectivity index (χ1n) is 7.45. The van der Waals surface area contributed by atoms with Gasteiger partial charge in [-0.3, -0.25) is 0 Å². The van der Waals surface area contributed by atoms with Gasteiger partial charge in [0.1, 0.15) is 11.6 Å². The van der Waals surface area contributed by atoms with Crippen LogP contribution in [0.25, 0.3) is 33.9 Å². The van der Waals surface area contributed by atoms with Gasteiger partial charge in [-0.1, -0.05) is 0 Å². The molecule has 0 amide bonds. The Morgan fingerprint density at radius 3 is 2.56 bits per heavy atom. The van der Waals surface area contributed by atoms with Crippen LogP contribution in [0.1, 0.15) is 0 Å². The number of nitrogens with zero attached hydrogens (tertiary/aromatic N) is 2. The third-order valence-electron chi connectivity index (χ3n) is 3.80. The van der Waals surface area contributed by atoms with E-state index in [0.29, 0.717) is 22.8 Å². The Morgan fingerprint density at radius 2 is 1.88 bits per heavy atom. The van der Waals surface area contributed by atoms with Crippen molar-refractivity contribution in [2.24, 2.45) is 0 Å². The highest BCUT2D eigenvalue weighted by atomic mass is 19.1. The number of anilines is 1. The van der Waals surface area contributed by atoms with Crippen LogP contribution >= 0.6 is 0 Å². The van der Waals surface area contributed by atoms with E-state index in [0.717, 1.165) is 11.1 Å². The number of nitrogen functional groups attached to an aromatic ring is 1. The maximum atomic E-state index is 13.2. The molecule has 3 heterocycles. The number of aromatic nitrogens is 3. The Hall–Kier alpha value is -3.61. The lowest BCUT2D eigenvalue weighted by atomic mass is 10.1. The van der Waals surface area contributed by atoms with Gasteiger partial charge in [0.15, 0.2) is 11.6 Å². The summed E-state index contributed by atoms with van der Waals surface area (Å²) in [5.41, 5.74) is 8.94. The predicted octanol–water partition coefficient (Wildman–Crippen LogP) is 3.83. The zero-order valence-electron chi connectivity index (χ0n) is 12.9. The summed E-state index contributed by atoms with van der Waals surface area (Å²) >= 11 is 0. The van der Waals surface area contributed by atoms with Crippen molar-refractivity contribution in [1.82, 2.24) is 15.0 Å². The molecular formula is C18H13FN4O2. The molecule has 0 radical (unpaired) electrons. The average molecular weight is 336 g/mol. The molecule has 4 rings (SSSR count). The van der Waals surface area contributed by atoms with Gasteiger partial charge in [-0.15, -0.1) is 0 Å². The molecule has 0 aliphatic carbocycles. The lowest BCUT2D eigenvalue weighted by Crippen LogP contribution is -1.91. The van der Waals surface area contributed by atoms with Gasteiger partial charge < -0.3 is 20.2 Å². The molecule has 3 aromatic heterocycles. The van der Waals surface area contributed by atoms with Crippen LogP contribution in [0, 0.1) is 5.82 Å². The summed E-state index contributed by atoms with van der Waals surface area (Å²) in [4.78, 5) is 11.8. The number of furan rings is 1. The molecule has 4 aromatic rings. The van der Waals surface area contributed by atoms with Gasteiger partial charge in [-0.05, 0) is 36.4 Å². The first kappa shape index (κ1) is 14.9. The Morgan fingerprint density at radius 1 is 1.08 bits per heavy atom. The second kappa shape index (κ2) is 5.79. The van der Waals surface area contributed by atoms with Crippen LogP contribution in [0.4, 0.5) is 10.2 Å². The van der Waals surface area contributed by atoms with E-state index in [1.165, 1.54) is 24.4 Å². The van der Waals surface area contributed by atoms with Gasteiger partial charge in [0.2, 0.25) is 0 Å². The molecule has 0 aliphatic rings. The third kappa shape index (κ3) is 2.72. The lowest BCUT2D eigenvalue weighted by Gasteiger charge is -2.02. The summed E-state index contributed by atoms with van der Waals surface area (Å²) in [5, 5.41) is 9.85. The van der Waals surface area contributed by atoms with Gasteiger partial charge in [0.25, 0.3) is 0 Å². The van der Waals surface area contributed by atoms with Crippen LogP contribution in [0.5, 0.6) is 5.75 Å². The largest absolute Gasteiger partial charge is 0.504 e. The van der Waals surface area contributed by atoms with Crippen molar-refractivity contribution in [1.29, 1.82) is 0 Å². The number of nitrogens with one attached hydrogen (secondary N) is 1. The number of pyridine rings is 1. The third-order valence-corrected chi connectivity index (χ3v) is 3.80. The fraction of sp³-hybridized carbons (Fsp3) is 0. The zero-order chi connectivity index (χ0) is 17.4. The highest BCUT2D eigenvalue weighted by molar-refractivity contribution is 5.81. The van der Waals surface area contributed by atoms with E-state index in [-0.39, 0.29) is 17.4 Å². The fourth-order valence-corrected chi connectivity index (χ4v) is 2.54. The molecule has 0 bridgehead atoms. The summed E-state index contributed by atoms with van der Waals surface area (Å²) in [5.74, 6) is 0.158. The van der Waals surface area contributed by atoms with Crippen LogP contribution in [0.2, 0.25) is 0 Å². The van der Waals surface area contributed by atoms with E-state index in [1.807, 2.05) is 0 Å². The maximum absolute atomic E-state index is 13.2. The fourth-order valence-electron chi connectivity index (χ4n) is 2.54. The Balaban J connectivity index is 1.89. The molecule has 7 heteroatoms. The first-order chi connectivity index (χ1) is 12.1. The van der Waals surface area contributed by atoms with Crippen LogP contribution in [0.15, 0.2) is 59.5 Å². The number of benzene rings is 1. The molecule has 0 aliphatic heterocycles. The summed E-state index contributed by atoms with van der Waals surface area (Å²) in [7, 11) is 0. The minimum absolute atomic E-state index is 0.0444. The average Bonchev–Trinajstić information content (AvgIpc) is 3.27. The molecule has 25 heavy (non-hydrogen) atoms. The predicted molar refractivity (Wildman–Crippen MR) is 91.0 cm³/mol. The van der Waals surface area contributed by atoms with Crippen molar-refractivity contribution in [3.63, 3.8) is 0 Å².